The lowest BCUT2D eigenvalue weighted by atomic mass is 10.3. The van der Waals surface area contributed by atoms with E-state index in [2.05, 4.69) is 21.2 Å². The summed E-state index contributed by atoms with van der Waals surface area (Å²) in [4.78, 5) is 3.83. The van der Waals surface area contributed by atoms with Crippen molar-refractivity contribution in [2.24, 2.45) is 0 Å². The zero-order chi connectivity index (χ0) is 14.5. The lowest BCUT2D eigenvalue weighted by Crippen LogP contribution is -2.33. The van der Waals surface area contributed by atoms with Gasteiger partial charge in [-0.1, -0.05) is 23.2 Å². The molecule has 0 unspecified atom stereocenters. The number of nitrogens with zero attached hydrogens (tertiary/aromatic N) is 1. The molecule has 0 aliphatic rings. The summed E-state index contributed by atoms with van der Waals surface area (Å²) in [5.74, 6) is -0.317. The van der Waals surface area contributed by atoms with Crippen LogP contribution in [0.1, 0.15) is 0 Å². The molecule has 2 aromatic rings. The first-order valence-corrected chi connectivity index (χ1v) is 6.60. The summed E-state index contributed by atoms with van der Waals surface area (Å²) in [5, 5.41) is 3.86. The molecule has 0 saturated heterocycles. The highest BCUT2D eigenvalue weighted by Gasteiger charge is 2.06. The van der Waals surface area contributed by atoms with Crippen LogP contribution in [-0.2, 0) is 0 Å². The lowest BCUT2D eigenvalue weighted by molar-refractivity contribution is 0.628. The SMILES string of the molecule is Fc1ccc(NC(=S)NNc2c(Cl)cncc2Cl)cc1. The number of hydrogen-bond acceptors (Lipinski definition) is 3. The number of halogens is 3. The summed E-state index contributed by atoms with van der Waals surface area (Å²) in [6, 6.07) is 5.79. The van der Waals surface area contributed by atoms with Crippen LogP contribution in [0.15, 0.2) is 36.7 Å². The lowest BCUT2D eigenvalue weighted by Gasteiger charge is -2.14. The van der Waals surface area contributed by atoms with Crippen LogP contribution in [0.25, 0.3) is 0 Å². The Morgan fingerprint density at radius 2 is 1.70 bits per heavy atom. The second-order valence-electron chi connectivity index (χ2n) is 3.69. The monoisotopic (exact) mass is 330 g/mol. The first-order valence-electron chi connectivity index (χ1n) is 5.44. The van der Waals surface area contributed by atoms with Gasteiger partial charge in [-0.15, -0.1) is 0 Å². The normalized spacial score (nSPS) is 9.95. The molecule has 4 nitrogen and oxygen atoms in total. The number of nitrogens with one attached hydrogen (secondary N) is 3. The minimum absolute atomic E-state index is 0.278. The maximum absolute atomic E-state index is 12.8. The highest BCUT2D eigenvalue weighted by atomic mass is 35.5. The Bertz CT molecular complexity index is 601. The zero-order valence-corrected chi connectivity index (χ0v) is 12.3. The van der Waals surface area contributed by atoms with Gasteiger partial charge in [0.25, 0.3) is 0 Å². The van der Waals surface area contributed by atoms with E-state index in [4.69, 9.17) is 35.4 Å². The fourth-order valence-electron chi connectivity index (χ4n) is 1.35. The van der Waals surface area contributed by atoms with Crippen LogP contribution in [0.5, 0.6) is 0 Å². The number of anilines is 2. The third kappa shape index (κ3) is 3.93. The summed E-state index contributed by atoms with van der Waals surface area (Å²) < 4.78 is 12.8. The van der Waals surface area contributed by atoms with Crippen molar-refractivity contribution >= 4 is 51.9 Å². The number of rotatable bonds is 3. The van der Waals surface area contributed by atoms with Crippen molar-refractivity contribution in [1.29, 1.82) is 0 Å². The summed E-state index contributed by atoms with van der Waals surface area (Å²) in [6.07, 6.45) is 2.90. The average molecular weight is 331 g/mol. The molecule has 0 spiro atoms. The van der Waals surface area contributed by atoms with Gasteiger partial charge in [-0.3, -0.25) is 15.8 Å². The molecule has 2 rings (SSSR count). The van der Waals surface area contributed by atoms with Gasteiger partial charge in [0, 0.05) is 18.1 Å². The maximum Gasteiger partial charge on any atom is 0.189 e. The third-order valence-corrected chi connectivity index (χ3v) is 3.03. The van der Waals surface area contributed by atoms with E-state index in [1.807, 2.05) is 0 Å². The second kappa shape index (κ2) is 6.69. The molecule has 0 fully saturated rings. The Kier molecular flexibility index (Phi) is 4.94. The van der Waals surface area contributed by atoms with Crippen LogP contribution < -0.4 is 16.2 Å². The molecule has 0 aliphatic heterocycles. The molecule has 8 heteroatoms. The number of pyridine rings is 1. The van der Waals surface area contributed by atoms with E-state index in [1.54, 1.807) is 12.1 Å². The first-order chi connectivity index (χ1) is 9.56. The first kappa shape index (κ1) is 14.8. The molecule has 104 valence electrons. The molecule has 0 atom stereocenters. The van der Waals surface area contributed by atoms with E-state index in [1.165, 1.54) is 24.5 Å². The minimum Gasteiger partial charge on any atom is -0.331 e. The Hall–Kier alpha value is -1.63. The molecule has 0 saturated carbocycles. The second-order valence-corrected chi connectivity index (χ2v) is 4.91. The van der Waals surface area contributed by atoms with Crippen molar-refractivity contribution in [3.05, 3.63) is 52.5 Å². The Labute approximate surface area is 130 Å². The van der Waals surface area contributed by atoms with Crippen LogP contribution in [0.4, 0.5) is 15.8 Å². The number of hydrazine groups is 1. The summed E-state index contributed by atoms with van der Waals surface area (Å²) in [7, 11) is 0. The standard InChI is InChI=1S/C12H9Cl2FN4S/c13-9-5-16-6-10(14)11(9)18-19-12(20)17-8-3-1-7(15)2-4-8/h1-6H,(H,16,18)(H2,17,19,20). The third-order valence-electron chi connectivity index (χ3n) is 2.26. The summed E-state index contributed by atoms with van der Waals surface area (Å²) in [5.41, 5.74) is 6.62. The van der Waals surface area contributed by atoms with Crippen LogP contribution in [0.2, 0.25) is 10.0 Å². The smallest absolute Gasteiger partial charge is 0.189 e. The van der Waals surface area contributed by atoms with Gasteiger partial charge < -0.3 is 5.32 Å². The molecule has 0 radical (unpaired) electrons. The number of benzene rings is 1. The van der Waals surface area contributed by atoms with E-state index in [0.29, 0.717) is 21.4 Å². The van der Waals surface area contributed by atoms with Crippen molar-refractivity contribution in [3.8, 4) is 0 Å². The fourth-order valence-corrected chi connectivity index (χ4v) is 1.97. The fraction of sp³-hybridized carbons (Fsp3) is 0. The van der Waals surface area contributed by atoms with Gasteiger partial charge in [-0.05, 0) is 36.5 Å². The van der Waals surface area contributed by atoms with Crippen LogP contribution in [0.3, 0.4) is 0 Å². The van der Waals surface area contributed by atoms with Gasteiger partial charge in [0.05, 0.1) is 15.7 Å². The van der Waals surface area contributed by atoms with Crippen molar-refractivity contribution in [2.45, 2.75) is 0 Å². The van der Waals surface area contributed by atoms with E-state index in [9.17, 15) is 4.39 Å². The predicted molar refractivity (Wildman–Crippen MR) is 83.6 cm³/mol. The summed E-state index contributed by atoms with van der Waals surface area (Å²) in [6.45, 7) is 0. The van der Waals surface area contributed by atoms with Gasteiger partial charge in [-0.25, -0.2) is 4.39 Å². The topological polar surface area (TPSA) is 49.0 Å². The Morgan fingerprint density at radius 1 is 1.10 bits per heavy atom. The highest BCUT2D eigenvalue weighted by Crippen LogP contribution is 2.27. The van der Waals surface area contributed by atoms with Gasteiger partial charge in [-0.2, -0.15) is 0 Å². The molecular formula is C12H9Cl2FN4S. The number of thiocarbonyl (C=S) groups is 1. The van der Waals surface area contributed by atoms with E-state index in [-0.39, 0.29) is 10.9 Å². The summed E-state index contributed by atoms with van der Waals surface area (Å²) >= 11 is 16.9. The highest BCUT2D eigenvalue weighted by molar-refractivity contribution is 7.80. The molecule has 1 aromatic heterocycles. The molecule has 0 bridgehead atoms. The minimum atomic E-state index is -0.317. The molecule has 0 aliphatic carbocycles. The van der Waals surface area contributed by atoms with Crippen LogP contribution >= 0.6 is 35.4 Å². The quantitative estimate of drug-likeness (QED) is 0.589. The Morgan fingerprint density at radius 3 is 2.30 bits per heavy atom. The zero-order valence-electron chi connectivity index (χ0n) is 9.95. The van der Waals surface area contributed by atoms with Crippen molar-refractivity contribution in [2.75, 3.05) is 10.7 Å². The molecule has 20 heavy (non-hydrogen) atoms. The molecular weight excluding hydrogens is 322 g/mol. The van der Waals surface area contributed by atoms with Crippen LogP contribution in [-0.4, -0.2) is 10.1 Å². The van der Waals surface area contributed by atoms with E-state index >= 15 is 0 Å². The number of hydrogen-bond donors (Lipinski definition) is 3. The van der Waals surface area contributed by atoms with Gasteiger partial charge in [0.15, 0.2) is 5.11 Å². The average Bonchev–Trinajstić information content (AvgIpc) is 2.41. The van der Waals surface area contributed by atoms with Gasteiger partial charge >= 0.3 is 0 Å². The number of aromatic nitrogens is 1. The predicted octanol–water partition coefficient (Wildman–Crippen LogP) is 3.84. The van der Waals surface area contributed by atoms with Crippen molar-refractivity contribution < 1.29 is 4.39 Å². The van der Waals surface area contributed by atoms with Crippen molar-refractivity contribution in [3.63, 3.8) is 0 Å². The molecule has 1 heterocycles. The van der Waals surface area contributed by atoms with Crippen molar-refractivity contribution in [1.82, 2.24) is 10.4 Å². The molecule has 1 aromatic carbocycles. The van der Waals surface area contributed by atoms with E-state index < -0.39 is 0 Å². The maximum atomic E-state index is 12.8. The molecule has 3 N–H and O–H groups in total. The van der Waals surface area contributed by atoms with E-state index in [0.717, 1.165) is 0 Å². The Balaban J connectivity index is 1.94. The van der Waals surface area contributed by atoms with Crippen LogP contribution in [0, 0.1) is 5.82 Å². The van der Waals surface area contributed by atoms with Gasteiger partial charge in [0.2, 0.25) is 0 Å². The molecule has 0 amide bonds. The van der Waals surface area contributed by atoms with Gasteiger partial charge in [0.1, 0.15) is 5.82 Å². The largest absolute Gasteiger partial charge is 0.331 e.